The van der Waals surface area contributed by atoms with Gasteiger partial charge in [0.1, 0.15) is 0 Å². The van der Waals surface area contributed by atoms with Crippen LogP contribution in [0, 0.1) is 6.92 Å². The fourth-order valence-corrected chi connectivity index (χ4v) is 3.92. The van der Waals surface area contributed by atoms with Crippen molar-refractivity contribution in [1.82, 2.24) is 0 Å². The molecule has 0 saturated carbocycles. The summed E-state index contributed by atoms with van der Waals surface area (Å²) in [5.74, 6) is 0. The van der Waals surface area contributed by atoms with Gasteiger partial charge in [-0.05, 0) is 37.2 Å². The number of aliphatic hydroxyl groups excluding tert-OH is 1. The summed E-state index contributed by atoms with van der Waals surface area (Å²) in [7, 11) is -5.96. The minimum absolute atomic E-state index is 0.0315. The van der Waals surface area contributed by atoms with Crippen LogP contribution in [0.5, 0.6) is 0 Å². The molecule has 0 heterocycles. The van der Waals surface area contributed by atoms with Crippen LogP contribution in [0.25, 0.3) is 0 Å². The van der Waals surface area contributed by atoms with E-state index in [0.717, 1.165) is 5.56 Å². The lowest BCUT2D eigenvalue weighted by molar-refractivity contribution is 0.0635. The van der Waals surface area contributed by atoms with E-state index in [1.54, 1.807) is 12.1 Å². The highest BCUT2D eigenvalue weighted by Crippen LogP contribution is 2.37. The van der Waals surface area contributed by atoms with Crippen molar-refractivity contribution in [2.45, 2.75) is 56.8 Å². The summed E-state index contributed by atoms with van der Waals surface area (Å²) in [6.07, 6.45) is -0.656. The molecule has 1 aromatic carbocycles. The zero-order valence-corrected chi connectivity index (χ0v) is 16.6. The van der Waals surface area contributed by atoms with Crippen LogP contribution in [0.4, 0.5) is 0 Å². The number of aryl methyl sites for hydroxylation is 1. The van der Waals surface area contributed by atoms with Gasteiger partial charge in [-0.1, -0.05) is 38.5 Å². The quantitative estimate of drug-likeness (QED) is 0.597. The molecular formula is C16H28O5SSi. The Morgan fingerprint density at radius 1 is 1.17 bits per heavy atom. The lowest BCUT2D eigenvalue weighted by atomic mass is 10.2. The highest BCUT2D eigenvalue weighted by molar-refractivity contribution is 7.86. The molecule has 0 bridgehead atoms. The fraction of sp³-hybridized carbons (Fsp3) is 0.625. The van der Waals surface area contributed by atoms with Crippen LogP contribution in [0.3, 0.4) is 0 Å². The number of rotatable bonds is 7. The van der Waals surface area contributed by atoms with Gasteiger partial charge in [-0.2, -0.15) is 8.42 Å². The summed E-state index contributed by atoms with van der Waals surface area (Å²) < 4.78 is 35.4. The van der Waals surface area contributed by atoms with Gasteiger partial charge in [-0.25, -0.2) is 0 Å². The second-order valence-electron chi connectivity index (χ2n) is 7.23. The molecule has 23 heavy (non-hydrogen) atoms. The largest absolute Gasteiger partial charge is 0.409 e. The van der Waals surface area contributed by atoms with Gasteiger partial charge >= 0.3 is 0 Å². The molecule has 0 aromatic heterocycles. The minimum atomic E-state index is -3.85. The smallest absolute Gasteiger partial charge is 0.297 e. The SMILES string of the molecule is Cc1ccc(S(=O)(=O)OC[C@H](CO)O[Si](C)(C)C(C)(C)C)cc1. The van der Waals surface area contributed by atoms with Crippen LogP contribution >= 0.6 is 0 Å². The molecule has 5 nitrogen and oxygen atoms in total. The van der Waals surface area contributed by atoms with E-state index in [9.17, 15) is 13.5 Å². The third-order valence-corrected chi connectivity index (χ3v) is 10.0. The van der Waals surface area contributed by atoms with Gasteiger partial charge in [-0.15, -0.1) is 0 Å². The van der Waals surface area contributed by atoms with E-state index in [-0.39, 0.29) is 23.1 Å². The summed E-state index contributed by atoms with van der Waals surface area (Å²) in [6, 6.07) is 6.44. The van der Waals surface area contributed by atoms with Crippen molar-refractivity contribution < 1.29 is 22.1 Å². The van der Waals surface area contributed by atoms with Gasteiger partial charge in [0.15, 0.2) is 8.32 Å². The number of aliphatic hydroxyl groups is 1. The molecule has 0 amide bonds. The van der Waals surface area contributed by atoms with E-state index in [1.165, 1.54) is 12.1 Å². The van der Waals surface area contributed by atoms with Gasteiger partial charge < -0.3 is 9.53 Å². The van der Waals surface area contributed by atoms with E-state index < -0.39 is 24.5 Å². The van der Waals surface area contributed by atoms with Crippen molar-refractivity contribution in [2.75, 3.05) is 13.2 Å². The van der Waals surface area contributed by atoms with Gasteiger partial charge in [0.05, 0.1) is 24.2 Å². The molecule has 1 aromatic rings. The molecule has 0 aliphatic rings. The molecule has 1 rings (SSSR count). The molecule has 0 saturated heterocycles. The van der Waals surface area contributed by atoms with Gasteiger partial charge in [0.2, 0.25) is 0 Å². The Labute approximate surface area is 140 Å². The van der Waals surface area contributed by atoms with Gasteiger partial charge in [-0.3, -0.25) is 4.18 Å². The van der Waals surface area contributed by atoms with Crippen LogP contribution in [-0.4, -0.2) is 41.2 Å². The van der Waals surface area contributed by atoms with Crippen LogP contribution in [0.1, 0.15) is 26.3 Å². The summed E-state index contributed by atoms with van der Waals surface area (Å²) in [5.41, 5.74) is 0.971. The monoisotopic (exact) mass is 360 g/mol. The maximum atomic E-state index is 12.2. The average Bonchev–Trinajstić information content (AvgIpc) is 2.42. The zero-order chi connectivity index (χ0) is 17.9. The maximum Gasteiger partial charge on any atom is 0.297 e. The second kappa shape index (κ2) is 7.44. The van der Waals surface area contributed by atoms with Crippen molar-refractivity contribution in [3.63, 3.8) is 0 Å². The first kappa shape index (κ1) is 20.3. The molecule has 0 unspecified atom stereocenters. The van der Waals surface area contributed by atoms with Crippen LogP contribution in [0.2, 0.25) is 18.1 Å². The second-order valence-corrected chi connectivity index (χ2v) is 13.6. The van der Waals surface area contributed by atoms with Crippen molar-refractivity contribution in [3.8, 4) is 0 Å². The average molecular weight is 361 g/mol. The Balaban J connectivity index is 2.76. The van der Waals surface area contributed by atoms with Crippen LogP contribution in [-0.2, 0) is 18.7 Å². The molecule has 0 radical (unpaired) electrons. The van der Waals surface area contributed by atoms with Crippen molar-refractivity contribution in [1.29, 1.82) is 0 Å². The summed E-state index contributed by atoms with van der Waals surface area (Å²) in [6.45, 7) is 11.7. The predicted molar refractivity (Wildman–Crippen MR) is 93.5 cm³/mol. The lowest BCUT2D eigenvalue weighted by Crippen LogP contribution is -2.46. The first-order valence-electron chi connectivity index (χ1n) is 7.64. The highest BCUT2D eigenvalue weighted by Gasteiger charge is 2.39. The molecular weight excluding hydrogens is 332 g/mol. The van der Waals surface area contributed by atoms with E-state index in [2.05, 4.69) is 20.8 Å². The molecule has 132 valence electrons. The van der Waals surface area contributed by atoms with E-state index in [1.807, 2.05) is 20.0 Å². The van der Waals surface area contributed by atoms with E-state index in [0.29, 0.717) is 0 Å². The summed E-state index contributed by atoms with van der Waals surface area (Å²) in [4.78, 5) is 0.104. The van der Waals surface area contributed by atoms with Crippen LogP contribution in [0.15, 0.2) is 29.2 Å². The van der Waals surface area contributed by atoms with Crippen LogP contribution < -0.4 is 0 Å². The Kier molecular flexibility index (Phi) is 6.57. The van der Waals surface area contributed by atoms with Gasteiger partial charge in [0.25, 0.3) is 10.1 Å². The molecule has 0 fully saturated rings. The third-order valence-electron chi connectivity index (χ3n) is 4.19. The van der Waals surface area contributed by atoms with E-state index >= 15 is 0 Å². The zero-order valence-electron chi connectivity index (χ0n) is 14.8. The van der Waals surface area contributed by atoms with Gasteiger partial charge in [0, 0.05) is 0 Å². The Morgan fingerprint density at radius 2 is 1.70 bits per heavy atom. The molecule has 0 spiro atoms. The fourth-order valence-electron chi connectivity index (χ4n) is 1.66. The normalized spacial score (nSPS) is 14.7. The number of hydrogen-bond donors (Lipinski definition) is 1. The Hall–Kier alpha value is -0.733. The first-order valence-corrected chi connectivity index (χ1v) is 12.0. The standard InChI is InChI=1S/C16H28O5SSi/c1-13-7-9-15(10-8-13)22(18,19)20-12-14(11-17)21-23(5,6)16(2,3)4/h7-10,14,17H,11-12H2,1-6H3/t14-/m0/s1. The first-order chi connectivity index (χ1) is 10.4. The molecule has 1 atom stereocenters. The topological polar surface area (TPSA) is 72.8 Å². The third kappa shape index (κ3) is 5.68. The number of benzene rings is 1. The summed E-state index contributed by atoms with van der Waals surface area (Å²) in [5, 5.41) is 9.45. The predicted octanol–water partition coefficient (Wildman–Crippen LogP) is 3.08. The Morgan fingerprint density at radius 3 is 2.13 bits per heavy atom. The van der Waals surface area contributed by atoms with Crippen molar-refractivity contribution >= 4 is 18.4 Å². The van der Waals surface area contributed by atoms with Crippen molar-refractivity contribution in [3.05, 3.63) is 29.8 Å². The highest BCUT2D eigenvalue weighted by atomic mass is 32.2. The number of hydrogen-bond acceptors (Lipinski definition) is 5. The molecule has 1 N–H and O–H groups in total. The Bertz CT molecular complexity index is 602. The minimum Gasteiger partial charge on any atom is -0.409 e. The molecule has 0 aliphatic heterocycles. The van der Waals surface area contributed by atoms with E-state index in [4.69, 9.17) is 8.61 Å². The lowest BCUT2D eigenvalue weighted by Gasteiger charge is -2.38. The molecule has 0 aliphatic carbocycles. The maximum absolute atomic E-state index is 12.2. The summed E-state index contributed by atoms with van der Waals surface area (Å²) >= 11 is 0. The van der Waals surface area contributed by atoms with Crippen molar-refractivity contribution in [2.24, 2.45) is 0 Å². The molecule has 7 heteroatoms.